The molecule has 1 unspecified atom stereocenters. The van der Waals surface area contributed by atoms with Crippen LogP contribution in [0.15, 0.2) is 0 Å². The van der Waals surface area contributed by atoms with Crippen molar-refractivity contribution >= 4 is 5.78 Å². The van der Waals surface area contributed by atoms with Crippen molar-refractivity contribution in [3.8, 4) is 0 Å². The maximum absolute atomic E-state index is 12.8. The molecular weight excluding hydrogens is 234 g/mol. The summed E-state index contributed by atoms with van der Waals surface area (Å²) in [6, 6.07) is -0.102. The lowest BCUT2D eigenvalue weighted by atomic mass is 9.70. The molecule has 0 aliphatic carbocycles. The maximum atomic E-state index is 12.8. The van der Waals surface area contributed by atoms with E-state index in [0.717, 1.165) is 6.42 Å². The molecule has 2 heteroatoms. The first-order chi connectivity index (χ1) is 8.17. The summed E-state index contributed by atoms with van der Waals surface area (Å²) in [6.45, 7) is 21.3. The zero-order valence-electron chi connectivity index (χ0n) is 14.8. The molecule has 0 fully saturated rings. The Morgan fingerprint density at radius 2 is 1.37 bits per heavy atom. The van der Waals surface area contributed by atoms with E-state index >= 15 is 0 Å². The molecule has 1 N–H and O–H groups in total. The fourth-order valence-corrected chi connectivity index (χ4v) is 2.65. The number of nitrogens with one attached hydrogen (secondary N) is 1. The predicted molar refractivity (Wildman–Crippen MR) is 84.4 cm³/mol. The largest absolute Gasteiger partial charge is 0.302 e. The van der Waals surface area contributed by atoms with E-state index in [9.17, 15) is 4.79 Å². The standard InChI is InChI=1S/C17H35NO/c1-12(2)11-17(9,10)13(18-16(6,7)8)14(19)15(3,4)5/h12-13,18H,11H2,1-10H3. The van der Waals surface area contributed by atoms with Crippen LogP contribution in [0.25, 0.3) is 0 Å². The lowest BCUT2D eigenvalue weighted by molar-refractivity contribution is -0.132. The van der Waals surface area contributed by atoms with Gasteiger partial charge in [-0.1, -0.05) is 48.5 Å². The summed E-state index contributed by atoms with van der Waals surface area (Å²) in [4.78, 5) is 12.8. The van der Waals surface area contributed by atoms with Crippen molar-refractivity contribution in [3.05, 3.63) is 0 Å². The van der Waals surface area contributed by atoms with E-state index in [0.29, 0.717) is 11.7 Å². The van der Waals surface area contributed by atoms with E-state index in [-0.39, 0.29) is 22.4 Å². The number of rotatable bonds is 5. The van der Waals surface area contributed by atoms with Gasteiger partial charge in [0, 0.05) is 11.0 Å². The molecule has 19 heavy (non-hydrogen) atoms. The van der Waals surface area contributed by atoms with E-state index in [4.69, 9.17) is 0 Å². The Hall–Kier alpha value is -0.370. The van der Waals surface area contributed by atoms with Crippen LogP contribution >= 0.6 is 0 Å². The second-order valence-corrected chi connectivity index (χ2v) is 9.03. The number of hydrogen-bond donors (Lipinski definition) is 1. The highest BCUT2D eigenvalue weighted by Gasteiger charge is 2.41. The van der Waals surface area contributed by atoms with Crippen molar-refractivity contribution in [2.45, 2.75) is 87.2 Å². The zero-order chi connectivity index (χ0) is 15.6. The Morgan fingerprint density at radius 3 is 1.63 bits per heavy atom. The minimum Gasteiger partial charge on any atom is -0.302 e. The number of Topliss-reactive ketones (excluding diaryl/α,β-unsaturated/α-hetero) is 1. The average Bonchev–Trinajstić information content (AvgIpc) is 2.07. The van der Waals surface area contributed by atoms with Gasteiger partial charge in [-0.15, -0.1) is 0 Å². The van der Waals surface area contributed by atoms with E-state index in [1.165, 1.54) is 0 Å². The molecule has 0 aromatic rings. The van der Waals surface area contributed by atoms with Crippen LogP contribution in [0, 0.1) is 16.7 Å². The number of carbonyl (C=O) groups excluding carboxylic acids is 1. The van der Waals surface area contributed by atoms with Crippen molar-refractivity contribution in [1.29, 1.82) is 0 Å². The molecule has 0 saturated heterocycles. The average molecular weight is 269 g/mol. The third-order valence-corrected chi connectivity index (χ3v) is 3.29. The van der Waals surface area contributed by atoms with E-state index in [2.05, 4.69) is 53.8 Å². The third-order valence-electron chi connectivity index (χ3n) is 3.29. The smallest absolute Gasteiger partial charge is 0.155 e. The number of ketones is 1. The van der Waals surface area contributed by atoms with E-state index in [1.54, 1.807) is 0 Å². The Balaban J connectivity index is 5.34. The summed E-state index contributed by atoms with van der Waals surface area (Å²) in [5.74, 6) is 0.903. The zero-order valence-corrected chi connectivity index (χ0v) is 14.8. The SMILES string of the molecule is CC(C)CC(C)(C)C(NC(C)(C)C)C(=O)C(C)(C)C. The van der Waals surface area contributed by atoms with E-state index < -0.39 is 0 Å². The van der Waals surface area contributed by atoms with Crippen LogP contribution in [-0.4, -0.2) is 17.4 Å². The van der Waals surface area contributed by atoms with Gasteiger partial charge in [-0.25, -0.2) is 0 Å². The quantitative estimate of drug-likeness (QED) is 0.800. The van der Waals surface area contributed by atoms with Gasteiger partial charge in [-0.3, -0.25) is 4.79 Å². The van der Waals surface area contributed by atoms with Crippen LogP contribution in [0.2, 0.25) is 0 Å². The fourth-order valence-electron chi connectivity index (χ4n) is 2.65. The molecule has 0 aromatic carbocycles. The third kappa shape index (κ3) is 6.56. The predicted octanol–water partition coefficient (Wildman–Crippen LogP) is 4.43. The van der Waals surface area contributed by atoms with Crippen molar-refractivity contribution in [1.82, 2.24) is 5.32 Å². The molecule has 0 aliphatic rings. The van der Waals surface area contributed by atoms with Gasteiger partial charge in [0.2, 0.25) is 0 Å². The van der Waals surface area contributed by atoms with Crippen LogP contribution in [0.5, 0.6) is 0 Å². The molecular formula is C17H35NO. The second kappa shape index (κ2) is 5.95. The first-order valence-corrected chi connectivity index (χ1v) is 7.49. The molecule has 0 rings (SSSR count). The van der Waals surface area contributed by atoms with Crippen molar-refractivity contribution < 1.29 is 4.79 Å². The normalized spacial score (nSPS) is 15.7. The van der Waals surface area contributed by atoms with Gasteiger partial charge in [0.15, 0.2) is 5.78 Å². The van der Waals surface area contributed by atoms with Crippen LogP contribution in [0.3, 0.4) is 0 Å². The van der Waals surface area contributed by atoms with Gasteiger partial charge in [0.1, 0.15) is 0 Å². The monoisotopic (exact) mass is 269 g/mol. The van der Waals surface area contributed by atoms with Crippen molar-refractivity contribution in [2.24, 2.45) is 16.7 Å². The lowest BCUT2D eigenvalue weighted by Gasteiger charge is -2.42. The highest BCUT2D eigenvalue weighted by Crippen LogP contribution is 2.34. The van der Waals surface area contributed by atoms with Crippen LogP contribution in [0.1, 0.15) is 75.7 Å². The van der Waals surface area contributed by atoms with E-state index in [1.807, 2.05) is 20.8 Å². The highest BCUT2D eigenvalue weighted by atomic mass is 16.1. The van der Waals surface area contributed by atoms with Crippen LogP contribution in [0.4, 0.5) is 0 Å². The lowest BCUT2D eigenvalue weighted by Crippen LogP contribution is -2.57. The summed E-state index contributed by atoms with van der Waals surface area (Å²) >= 11 is 0. The van der Waals surface area contributed by atoms with Crippen molar-refractivity contribution in [2.75, 3.05) is 0 Å². The number of carbonyl (C=O) groups is 1. The summed E-state index contributed by atoms with van der Waals surface area (Å²) in [5.41, 5.74) is -0.400. The van der Waals surface area contributed by atoms with Crippen molar-refractivity contribution in [3.63, 3.8) is 0 Å². The molecule has 0 bridgehead atoms. The van der Waals surface area contributed by atoms with Gasteiger partial charge in [-0.2, -0.15) is 0 Å². The second-order valence-electron chi connectivity index (χ2n) is 9.03. The summed E-state index contributed by atoms with van der Waals surface area (Å²) < 4.78 is 0. The molecule has 1 atom stereocenters. The molecule has 0 amide bonds. The Bertz CT molecular complexity index is 302. The van der Waals surface area contributed by atoms with Gasteiger partial charge in [0.25, 0.3) is 0 Å². The minimum absolute atomic E-state index is 0.0359. The minimum atomic E-state index is -0.308. The van der Waals surface area contributed by atoms with Crippen LogP contribution in [-0.2, 0) is 4.79 Å². The Labute approximate surface area is 120 Å². The Morgan fingerprint density at radius 1 is 0.947 bits per heavy atom. The molecule has 114 valence electrons. The van der Waals surface area contributed by atoms with Gasteiger partial charge >= 0.3 is 0 Å². The topological polar surface area (TPSA) is 29.1 Å². The Kier molecular flexibility index (Phi) is 5.83. The molecule has 0 aliphatic heterocycles. The summed E-state index contributed by atoms with van der Waals surface area (Å²) in [7, 11) is 0. The van der Waals surface area contributed by atoms with Gasteiger partial charge in [-0.05, 0) is 38.5 Å². The van der Waals surface area contributed by atoms with Gasteiger partial charge < -0.3 is 5.32 Å². The highest BCUT2D eigenvalue weighted by molar-refractivity contribution is 5.89. The molecule has 0 aromatic heterocycles. The molecule has 0 heterocycles. The van der Waals surface area contributed by atoms with Crippen LogP contribution < -0.4 is 5.32 Å². The summed E-state index contributed by atoms with van der Waals surface area (Å²) in [6.07, 6.45) is 1.04. The molecule has 0 spiro atoms. The number of hydrogen-bond acceptors (Lipinski definition) is 2. The molecule has 0 saturated carbocycles. The fraction of sp³-hybridized carbons (Fsp3) is 0.941. The summed E-state index contributed by atoms with van der Waals surface area (Å²) in [5, 5.41) is 3.56. The first kappa shape index (κ1) is 18.6. The van der Waals surface area contributed by atoms with Gasteiger partial charge in [0.05, 0.1) is 6.04 Å². The molecule has 2 nitrogen and oxygen atoms in total. The molecule has 0 radical (unpaired) electrons. The first-order valence-electron chi connectivity index (χ1n) is 7.49. The maximum Gasteiger partial charge on any atom is 0.155 e.